The Morgan fingerprint density at radius 2 is 0.859 bits per heavy atom. The van der Waals surface area contributed by atoms with Crippen LogP contribution < -0.4 is 35.3 Å². The molecule has 0 unspecified atom stereocenters. The number of hydrogen-bond donors (Lipinski definition) is 3. The van der Waals surface area contributed by atoms with Gasteiger partial charge in [0, 0.05) is 17.7 Å². The highest BCUT2D eigenvalue weighted by Crippen LogP contribution is 2.47. The van der Waals surface area contributed by atoms with Crippen molar-refractivity contribution in [2.75, 3.05) is 19.8 Å². The topological polar surface area (TPSA) is 138 Å². The third-order valence-corrected chi connectivity index (χ3v) is 18.3. The average Bonchev–Trinajstić information content (AvgIpc) is 3.42. The summed E-state index contributed by atoms with van der Waals surface area (Å²) in [5.41, 5.74) is 13.8. The molecule has 0 saturated carbocycles. The summed E-state index contributed by atoms with van der Waals surface area (Å²) < 4.78 is 26.2. The van der Waals surface area contributed by atoms with Gasteiger partial charge < -0.3 is 35.3 Å². The monoisotopic (exact) mass is 1090 g/mol. The fraction of sp³-hybridized carbons (Fsp3) is 0.779. The van der Waals surface area contributed by atoms with Gasteiger partial charge in [-0.15, -0.1) is 0 Å². The maximum atomic E-state index is 13.2. The number of carbonyl (C=O) groups is 3. The standard InChI is InChI=1S/C68H115N3O7/c1-45(2)25-19-27-47(5)29-21-31-49(7)33-23-38-67(15)40-36-57-55(13)62(51(9)53(11)64(57)77-67)75-43-60(72)70-42-18-17-35-59(66(69)74)71-61(73)44-76-63-52(10)54(12)65-58(56(63)14)37-41-68(16,78-65)39-24-34-50(8)32-22-30-48(6)28-20-26-46(3)4/h45-50,59H,17-44H2,1-16H3,(H2,69,74)(H,70,72)(H,71,73)/t47-,48-,49-,50-,59+,67-,68-/m1/s1. The van der Waals surface area contributed by atoms with Crippen molar-refractivity contribution in [1.82, 2.24) is 10.6 Å². The Hall–Kier alpha value is -3.95. The summed E-state index contributed by atoms with van der Waals surface area (Å²) in [6.07, 6.45) is 28.3. The van der Waals surface area contributed by atoms with E-state index in [9.17, 15) is 14.4 Å². The summed E-state index contributed by atoms with van der Waals surface area (Å²) in [7, 11) is 0. The van der Waals surface area contributed by atoms with Crippen LogP contribution in [0.5, 0.6) is 23.0 Å². The van der Waals surface area contributed by atoms with E-state index in [2.05, 4.69) is 114 Å². The molecule has 10 heteroatoms. The van der Waals surface area contributed by atoms with Crippen molar-refractivity contribution in [3.8, 4) is 23.0 Å². The maximum Gasteiger partial charge on any atom is 0.258 e. The third kappa shape index (κ3) is 21.5. The lowest BCUT2D eigenvalue weighted by Crippen LogP contribution is -2.46. The van der Waals surface area contributed by atoms with E-state index >= 15 is 0 Å². The predicted molar refractivity (Wildman–Crippen MR) is 324 cm³/mol. The van der Waals surface area contributed by atoms with Crippen LogP contribution in [0, 0.1) is 77.0 Å². The molecule has 0 bridgehead atoms. The highest BCUT2D eigenvalue weighted by Gasteiger charge is 2.36. The Morgan fingerprint density at radius 1 is 0.487 bits per heavy atom. The van der Waals surface area contributed by atoms with Gasteiger partial charge in [0.05, 0.1) is 0 Å². The highest BCUT2D eigenvalue weighted by atomic mass is 16.5. The zero-order valence-corrected chi connectivity index (χ0v) is 52.8. The van der Waals surface area contributed by atoms with Gasteiger partial charge in [0.25, 0.3) is 11.8 Å². The second-order valence-electron chi connectivity index (χ2n) is 26.8. The van der Waals surface area contributed by atoms with Crippen molar-refractivity contribution in [2.45, 2.75) is 289 Å². The van der Waals surface area contributed by atoms with Crippen LogP contribution in [0.1, 0.15) is 261 Å². The van der Waals surface area contributed by atoms with Crippen molar-refractivity contribution in [1.29, 1.82) is 0 Å². The molecule has 0 aliphatic carbocycles. The molecule has 4 rings (SSSR count). The lowest BCUT2D eigenvalue weighted by Gasteiger charge is -2.38. The van der Waals surface area contributed by atoms with Crippen molar-refractivity contribution in [3.63, 3.8) is 0 Å². The first-order chi connectivity index (χ1) is 36.8. The molecule has 0 saturated heterocycles. The molecule has 2 heterocycles. The van der Waals surface area contributed by atoms with E-state index in [0.717, 1.165) is 137 Å². The highest BCUT2D eigenvalue weighted by molar-refractivity contribution is 5.87. The number of primary amides is 1. The van der Waals surface area contributed by atoms with Crippen LogP contribution in [0.2, 0.25) is 0 Å². The fourth-order valence-corrected chi connectivity index (χ4v) is 12.5. The van der Waals surface area contributed by atoms with Crippen LogP contribution in [0.25, 0.3) is 0 Å². The van der Waals surface area contributed by atoms with E-state index in [1.54, 1.807) is 0 Å². The van der Waals surface area contributed by atoms with E-state index in [1.807, 2.05) is 6.92 Å². The number of amides is 3. The molecule has 0 spiro atoms. The number of unbranched alkanes of at least 4 members (excludes halogenated alkanes) is 1. The van der Waals surface area contributed by atoms with Gasteiger partial charge in [-0.05, 0) is 195 Å². The Bertz CT molecular complexity index is 2200. The predicted octanol–water partition coefficient (Wildman–Crippen LogP) is 16.3. The van der Waals surface area contributed by atoms with Crippen molar-refractivity contribution < 1.29 is 33.3 Å². The van der Waals surface area contributed by atoms with Gasteiger partial charge >= 0.3 is 0 Å². The summed E-state index contributed by atoms with van der Waals surface area (Å²) in [5, 5.41) is 5.76. The molecule has 3 amide bonds. The van der Waals surface area contributed by atoms with E-state index in [-0.39, 0.29) is 30.3 Å². The average molecular weight is 1090 g/mol. The summed E-state index contributed by atoms with van der Waals surface area (Å²) in [4.78, 5) is 38.7. The van der Waals surface area contributed by atoms with Crippen LogP contribution in [-0.4, -0.2) is 54.7 Å². The molecular weight excluding hydrogens is 971 g/mol. The summed E-state index contributed by atoms with van der Waals surface area (Å²) >= 11 is 0. The Balaban J connectivity index is 1.15. The minimum atomic E-state index is -0.850. The van der Waals surface area contributed by atoms with E-state index in [0.29, 0.717) is 31.6 Å². The van der Waals surface area contributed by atoms with Crippen LogP contribution in [0.4, 0.5) is 0 Å². The molecule has 2 aromatic rings. The number of hydrogen-bond acceptors (Lipinski definition) is 7. The first-order valence-electron chi connectivity index (χ1n) is 31.6. The molecule has 0 fully saturated rings. The Morgan fingerprint density at radius 3 is 1.24 bits per heavy atom. The molecule has 0 radical (unpaired) electrons. The summed E-state index contributed by atoms with van der Waals surface area (Å²) in [5.74, 6) is 6.93. The minimum absolute atomic E-state index is 0.0964. The van der Waals surface area contributed by atoms with Gasteiger partial charge in [-0.3, -0.25) is 14.4 Å². The van der Waals surface area contributed by atoms with Gasteiger partial charge in [0.15, 0.2) is 13.2 Å². The molecule has 444 valence electrons. The quantitative estimate of drug-likeness (QED) is 0.0573. The third-order valence-electron chi connectivity index (χ3n) is 18.3. The number of nitrogens with one attached hydrogen (secondary N) is 2. The number of benzene rings is 2. The first-order valence-corrected chi connectivity index (χ1v) is 31.6. The minimum Gasteiger partial charge on any atom is -0.487 e. The number of rotatable bonds is 37. The van der Waals surface area contributed by atoms with Crippen LogP contribution in [0.15, 0.2) is 0 Å². The second-order valence-corrected chi connectivity index (χ2v) is 26.8. The largest absolute Gasteiger partial charge is 0.487 e. The van der Waals surface area contributed by atoms with Crippen molar-refractivity contribution in [3.05, 3.63) is 44.5 Å². The lowest BCUT2D eigenvalue weighted by atomic mass is 9.83. The fourth-order valence-electron chi connectivity index (χ4n) is 12.5. The van der Waals surface area contributed by atoms with Crippen molar-refractivity contribution in [2.24, 2.45) is 41.2 Å². The zero-order chi connectivity index (χ0) is 57.7. The molecule has 7 atom stereocenters. The maximum absolute atomic E-state index is 13.2. The van der Waals surface area contributed by atoms with Gasteiger partial charge in [-0.2, -0.15) is 0 Å². The van der Waals surface area contributed by atoms with Crippen molar-refractivity contribution >= 4 is 17.7 Å². The first kappa shape index (κ1) is 66.6. The normalized spacial score (nSPS) is 19.0. The molecular formula is C68H115N3O7. The SMILES string of the molecule is Cc1c(C)c2c(c(C)c1OCC(=O)NCCCC[C@H](NC(=O)COc1c(C)c(C)c3c(c1C)CC[C@@](C)(CCC[C@H](C)CCC[C@H](C)CCCC(C)C)O3)C(N)=O)CC[C@@](C)(CCC[C@H](C)CCC[C@H](C)CCCC(C)C)O2. The number of fused-ring (bicyclic) bond motifs is 2. The molecule has 10 nitrogen and oxygen atoms in total. The van der Waals surface area contributed by atoms with E-state index < -0.39 is 17.9 Å². The summed E-state index contributed by atoms with van der Waals surface area (Å²) in [6, 6.07) is -0.850. The van der Waals surface area contributed by atoms with Gasteiger partial charge in [0.1, 0.15) is 40.2 Å². The molecule has 0 aromatic heterocycles. The molecule has 2 aromatic carbocycles. The molecule has 4 N–H and O–H groups in total. The van der Waals surface area contributed by atoms with Gasteiger partial charge in [-0.1, -0.05) is 145 Å². The summed E-state index contributed by atoms with van der Waals surface area (Å²) in [6.45, 7) is 36.0. The van der Waals surface area contributed by atoms with Crippen LogP contribution >= 0.6 is 0 Å². The molecule has 2 aliphatic heterocycles. The zero-order valence-electron chi connectivity index (χ0n) is 52.8. The number of nitrogens with two attached hydrogens (primary N) is 1. The number of ether oxygens (including phenoxy) is 4. The Kier molecular flexibility index (Phi) is 27.7. The van der Waals surface area contributed by atoms with E-state index in [1.165, 1.54) is 102 Å². The lowest BCUT2D eigenvalue weighted by molar-refractivity contribution is -0.128. The van der Waals surface area contributed by atoms with Gasteiger partial charge in [-0.25, -0.2) is 0 Å². The molecule has 78 heavy (non-hydrogen) atoms. The van der Waals surface area contributed by atoms with E-state index in [4.69, 9.17) is 24.7 Å². The smallest absolute Gasteiger partial charge is 0.258 e. The Labute approximate surface area is 476 Å². The van der Waals surface area contributed by atoms with Crippen LogP contribution in [0.3, 0.4) is 0 Å². The van der Waals surface area contributed by atoms with Gasteiger partial charge in [0.2, 0.25) is 5.91 Å². The number of carbonyl (C=O) groups excluding carboxylic acids is 3. The van der Waals surface area contributed by atoms with Crippen LogP contribution in [-0.2, 0) is 27.2 Å². The molecule has 2 aliphatic rings. The second kappa shape index (κ2) is 32.5.